The summed E-state index contributed by atoms with van der Waals surface area (Å²) in [6.07, 6.45) is 0.659. The summed E-state index contributed by atoms with van der Waals surface area (Å²) in [6, 6.07) is 14.3. The number of halogens is 1. The Morgan fingerprint density at radius 1 is 1.11 bits per heavy atom. The van der Waals surface area contributed by atoms with E-state index in [9.17, 15) is 9.18 Å². The Kier molecular flexibility index (Phi) is 7.39. The molecule has 1 aliphatic heterocycles. The summed E-state index contributed by atoms with van der Waals surface area (Å²) in [5.74, 6) is -0.251. The molecule has 2 aromatic rings. The molecule has 3 rings (SSSR count). The van der Waals surface area contributed by atoms with E-state index in [0.717, 1.165) is 44.0 Å². The quantitative estimate of drug-likeness (QED) is 0.770. The van der Waals surface area contributed by atoms with Crippen molar-refractivity contribution in [2.45, 2.75) is 19.4 Å². The summed E-state index contributed by atoms with van der Waals surface area (Å²) in [5, 5.41) is 6.01. The molecule has 1 aliphatic rings. The number of carbonyl (C=O) groups is 1. The van der Waals surface area contributed by atoms with Crippen LogP contribution in [0, 0.1) is 12.7 Å². The predicted molar refractivity (Wildman–Crippen MR) is 108 cm³/mol. The van der Waals surface area contributed by atoms with Crippen LogP contribution in [-0.2, 0) is 11.2 Å². The van der Waals surface area contributed by atoms with Crippen LogP contribution in [0.5, 0.6) is 0 Å². The summed E-state index contributed by atoms with van der Waals surface area (Å²) >= 11 is 0. The van der Waals surface area contributed by atoms with Gasteiger partial charge in [0, 0.05) is 26.2 Å². The first kappa shape index (κ1) is 20.3. The highest BCUT2D eigenvalue weighted by molar-refractivity contribution is 5.74. The van der Waals surface area contributed by atoms with E-state index in [1.165, 1.54) is 17.7 Å². The van der Waals surface area contributed by atoms with E-state index in [4.69, 9.17) is 4.74 Å². The van der Waals surface area contributed by atoms with Crippen molar-refractivity contribution in [2.75, 3.05) is 39.4 Å². The fourth-order valence-electron chi connectivity index (χ4n) is 3.26. The minimum atomic E-state index is -0.251. The van der Waals surface area contributed by atoms with Crippen molar-refractivity contribution >= 4 is 6.03 Å². The lowest BCUT2D eigenvalue weighted by molar-refractivity contribution is 0.0340. The van der Waals surface area contributed by atoms with E-state index in [1.807, 2.05) is 0 Å². The fraction of sp³-hybridized carbons (Fsp3) is 0.409. The average molecular weight is 385 g/mol. The van der Waals surface area contributed by atoms with Gasteiger partial charge in [0.05, 0.1) is 19.3 Å². The van der Waals surface area contributed by atoms with Gasteiger partial charge in [0.15, 0.2) is 0 Å². The van der Waals surface area contributed by atoms with Crippen LogP contribution in [0.3, 0.4) is 0 Å². The van der Waals surface area contributed by atoms with Crippen LogP contribution in [0.25, 0.3) is 0 Å². The molecule has 28 heavy (non-hydrogen) atoms. The maximum atomic E-state index is 13.0. The number of nitrogens with one attached hydrogen (secondary N) is 2. The Bertz CT molecular complexity index is 743. The molecule has 1 atom stereocenters. The number of hydrogen-bond donors (Lipinski definition) is 2. The molecule has 1 saturated heterocycles. The summed E-state index contributed by atoms with van der Waals surface area (Å²) in [7, 11) is 0. The van der Waals surface area contributed by atoms with Crippen LogP contribution >= 0.6 is 0 Å². The number of nitrogens with zero attached hydrogens (tertiary/aromatic N) is 1. The third kappa shape index (κ3) is 6.32. The zero-order chi connectivity index (χ0) is 19.8. The molecule has 0 bridgehead atoms. The first-order valence-corrected chi connectivity index (χ1v) is 9.75. The largest absolute Gasteiger partial charge is 0.379 e. The molecule has 0 saturated carbocycles. The Hall–Kier alpha value is -2.44. The van der Waals surface area contributed by atoms with Crippen LogP contribution in [0.15, 0.2) is 48.5 Å². The van der Waals surface area contributed by atoms with Gasteiger partial charge in [-0.05, 0) is 36.6 Å². The van der Waals surface area contributed by atoms with Gasteiger partial charge < -0.3 is 15.4 Å². The van der Waals surface area contributed by atoms with Crippen LogP contribution in [0.1, 0.15) is 22.7 Å². The van der Waals surface area contributed by atoms with Crippen molar-refractivity contribution in [3.63, 3.8) is 0 Å². The lowest BCUT2D eigenvalue weighted by Gasteiger charge is -2.31. The number of amides is 2. The average Bonchev–Trinajstić information content (AvgIpc) is 2.70. The van der Waals surface area contributed by atoms with E-state index in [-0.39, 0.29) is 17.9 Å². The lowest BCUT2D eigenvalue weighted by Crippen LogP contribution is -2.45. The second kappa shape index (κ2) is 10.2. The van der Waals surface area contributed by atoms with Gasteiger partial charge in [0.25, 0.3) is 0 Å². The number of rotatable bonds is 7. The molecule has 1 fully saturated rings. The Morgan fingerprint density at radius 3 is 2.46 bits per heavy atom. The number of hydrogen-bond acceptors (Lipinski definition) is 3. The molecule has 0 aliphatic carbocycles. The summed E-state index contributed by atoms with van der Waals surface area (Å²) < 4.78 is 18.4. The highest BCUT2D eigenvalue weighted by atomic mass is 19.1. The standard InChI is InChI=1S/C22H28FN3O2/c1-17-2-6-19(7-3-17)21(16-26-12-14-28-15-13-26)25-22(27)24-11-10-18-4-8-20(23)9-5-18/h2-9,21H,10-16H2,1H3,(H2,24,25,27)/t21-/m1/s1. The van der Waals surface area contributed by atoms with Crippen LogP contribution in [-0.4, -0.2) is 50.3 Å². The molecule has 150 valence electrons. The minimum Gasteiger partial charge on any atom is -0.379 e. The number of carbonyl (C=O) groups excluding carboxylic acids is 1. The van der Waals surface area contributed by atoms with Gasteiger partial charge in [0.1, 0.15) is 5.82 Å². The fourth-order valence-corrected chi connectivity index (χ4v) is 3.26. The van der Waals surface area contributed by atoms with Gasteiger partial charge in [0.2, 0.25) is 0 Å². The second-order valence-electron chi connectivity index (χ2n) is 7.15. The number of aryl methyl sites for hydroxylation is 1. The van der Waals surface area contributed by atoms with Crippen molar-refractivity contribution in [2.24, 2.45) is 0 Å². The van der Waals surface area contributed by atoms with Crippen molar-refractivity contribution in [1.82, 2.24) is 15.5 Å². The van der Waals surface area contributed by atoms with E-state index in [2.05, 4.69) is 46.7 Å². The first-order valence-electron chi connectivity index (χ1n) is 9.75. The molecule has 5 nitrogen and oxygen atoms in total. The molecule has 0 unspecified atom stereocenters. The molecule has 0 radical (unpaired) electrons. The Balaban J connectivity index is 1.55. The van der Waals surface area contributed by atoms with E-state index in [0.29, 0.717) is 13.0 Å². The summed E-state index contributed by atoms with van der Waals surface area (Å²) in [5.41, 5.74) is 3.27. The van der Waals surface area contributed by atoms with Crippen LogP contribution < -0.4 is 10.6 Å². The smallest absolute Gasteiger partial charge is 0.315 e. The third-order valence-corrected chi connectivity index (χ3v) is 4.94. The number of urea groups is 1. The normalized spacial score (nSPS) is 15.8. The Morgan fingerprint density at radius 2 is 1.79 bits per heavy atom. The molecule has 0 spiro atoms. The van der Waals surface area contributed by atoms with Gasteiger partial charge in [-0.25, -0.2) is 9.18 Å². The molecule has 6 heteroatoms. The number of morpholine rings is 1. The predicted octanol–water partition coefficient (Wildman–Crippen LogP) is 3.05. The van der Waals surface area contributed by atoms with Crippen molar-refractivity contribution in [1.29, 1.82) is 0 Å². The minimum absolute atomic E-state index is 0.0930. The first-order chi connectivity index (χ1) is 13.6. The molecule has 0 aromatic heterocycles. The summed E-state index contributed by atoms with van der Waals surface area (Å²) in [6.45, 7) is 6.49. The molecular weight excluding hydrogens is 357 g/mol. The topological polar surface area (TPSA) is 53.6 Å². The number of benzene rings is 2. The molecule has 2 aromatic carbocycles. The van der Waals surface area contributed by atoms with E-state index >= 15 is 0 Å². The molecule has 1 heterocycles. The van der Waals surface area contributed by atoms with E-state index < -0.39 is 0 Å². The van der Waals surface area contributed by atoms with Crippen LogP contribution in [0.4, 0.5) is 9.18 Å². The van der Waals surface area contributed by atoms with Crippen molar-refractivity contribution in [3.05, 3.63) is 71.0 Å². The third-order valence-electron chi connectivity index (χ3n) is 4.94. The van der Waals surface area contributed by atoms with E-state index in [1.54, 1.807) is 12.1 Å². The number of ether oxygens (including phenoxy) is 1. The SMILES string of the molecule is Cc1ccc([C@@H](CN2CCOCC2)NC(=O)NCCc2ccc(F)cc2)cc1. The zero-order valence-corrected chi connectivity index (χ0v) is 16.3. The maximum absolute atomic E-state index is 13.0. The van der Waals surface area contributed by atoms with Gasteiger partial charge >= 0.3 is 6.03 Å². The highest BCUT2D eigenvalue weighted by Crippen LogP contribution is 2.16. The monoisotopic (exact) mass is 385 g/mol. The zero-order valence-electron chi connectivity index (χ0n) is 16.3. The molecule has 2 amide bonds. The van der Waals surface area contributed by atoms with Gasteiger partial charge in [-0.1, -0.05) is 42.0 Å². The van der Waals surface area contributed by atoms with Crippen LogP contribution in [0.2, 0.25) is 0 Å². The maximum Gasteiger partial charge on any atom is 0.315 e. The molecular formula is C22H28FN3O2. The summed E-state index contributed by atoms with van der Waals surface area (Å²) in [4.78, 5) is 14.8. The highest BCUT2D eigenvalue weighted by Gasteiger charge is 2.20. The van der Waals surface area contributed by atoms with Gasteiger partial charge in [-0.3, -0.25) is 4.90 Å². The Labute approximate surface area is 165 Å². The lowest BCUT2D eigenvalue weighted by atomic mass is 10.0. The van der Waals surface area contributed by atoms with Crippen molar-refractivity contribution in [3.8, 4) is 0 Å². The van der Waals surface area contributed by atoms with Crippen molar-refractivity contribution < 1.29 is 13.9 Å². The van der Waals surface area contributed by atoms with Gasteiger partial charge in [-0.2, -0.15) is 0 Å². The molecule has 2 N–H and O–H groups in total. The van der Waals surface area contributed by atoms with Gasteiger partial charge in [-0.15, -0.1) is 0 Å². The second-order valence-corrected chi connectivity index (χ2v) is 7.15.